The number of hydrogen-bond donors (Lipinski definition) is 1. The first-order chi connectivity index (χ1) is 9.91. The molecule has 0 radical (unpaired) electrons. The van der Waals surface area contributed by atoms with Crippen molar-refractivity contribution in [2.45, 2.75) is 19.6 Å². The molecule has 0 spiro atoms. The number of alkyl halides is 3. The maximum absolute atomic E-state index is 12.6. The van der Waals surface area contributed by atoms with Crippen LogP contribution in [0, 0.1) is 6.92 Å². The Bertz CT molecular complexity index is 776. The average Bonchev–Trinajstić information content (AvgIpc) is 2.99. The molecule has 0 fully saturated rings. The van der Waals surface area contributed by atoms with E-state index in [1.165, 1.54) is 17.4 Å². The average molecular weight is 312 g/mol. The summed E-state index contributed by atoms with van der Waals surface area (Å²) in [6.07, 6.45) is -4.35. The number of rotatable bonds is 3. The van der Waals surface area contributed by atoms with Gasteiger partial charge in [-0.2, -0.15) is 13.2 Å². The lowest BCUT2D eigenvalue weighted by atomic mass is 10.2. The Morgan fingerprint density at radius 2 is 2.05 bits per heavy atom. The quantitative estimate of drug-likeness (QED) is 0.753. The largest absolute Gasteiger partial charge is 0.465 e. The van der Waals surface area contributed by atoms with Gasteiger partial charge in [-0.1, -0.05) is 11.3 Å². The van der Waals surface area contributed by atoms with Crippen molar-refractivity contribution in [1.29, 1.82) is 0 Å². The van der Waals surface area contributed by atoms with E-state index in [0.717, 1.165) is 23.7 Å². The molecule has 0 saturated carbocycles. The molecule has 0 unspecified atom stereocenters. The van der Waals surface area contributed by atoms with Crippen LogP contribution in [0.5, 0.6) is 0 Å². The second-order valence-corrected chi connectivity index (χ2v) is 5.60. The fraction of sp³-hybridized carbons (Fsp3) is 0.214. The van der Waals surface area contributed by atoms with E-state index in [1.807, 2.05) is 19.1 Å². The molecule has 0 aliphatic heterocycles. The predicted molar refractivity (Wildman–Crippen MR) is 75.4 cm³/mol. The minimum atomic E-state index is -4.35. The van der Waals surface area contributed by atoms with Crippen LogP contribution in [-0.4, -0.2) is 4.98 Å². The van der Waals surface area contributed by atoms with Crippen molar-refractivity contribution < 1.29 is 17.6 Å². The minimum absolute atomic E-state index is 0.341. The highest BCUT2D eigenvalue weighted by Gasteiger charge is 2.30. The molecule has 0 aliphatic carbocycles. The Labute approximate surface area is 122 Å². The van der Waals surface area contributed by atoms with E-state index in [2.05, 4.69) is 10.3 Å². The molecule has 3 rings (SSSR count). The first kappa shape index (κ1) is 13.9. The van der Waals surface area contributed by atoms with Crippen LogP contribution in [0.2, 0.25) is 0 Å². The lowest BCUT2D eigenvalue weighted by molar-refractivity contribution is -0.137. The van der Waals surface area contributed by atoms with E-state index in [4.69, 9.17) is 4.42 Å². The van der Waals surface area contributed by atoms with Gasteiger partial charge in [0.15, 0.2) is 5.13 Å². The van der Waals surface area contributed by atoms with Gasteiger partial charge in [0, 0.05) is 0 Å². The van der Waals surface area contributed by atoms with Gasteiger partial charge in [0.25, 0.3) is 0 Å². The Hall–Kier alpha value is -2.02. The van der Waals surface area contributed by atoms with Crippen LogP contribution in [-0.2, 0) is 12.7 Å². The highest BCUT2D eigenvalue weighted by atomic mass is 32.1. The molecule has 1 aromatic carbocycles. The topological polar surface area (TPSA) is 38.1 Å². The van der Waals surface area contributed by atoms with Gasteiger partial charge in [-0.15, -0.1) is 0 Å². The number of thiazole rings is 1. The summed E-state index contributed by atoms with van der Waals surface area (Å²) in [5, 5.41) is 3.62. The first-order valence-electron chi connectivity index (χ1n) is 6.19. The molecule has 0 aliphatic rings. The highest BCUT2D eigenvalue weighted by Crippen LogP contribution is 2.34. The van der Waals surface area contributed by atoms with Gasteiger partial charge in [0.05, 0.1) is 22.3 Å². The summed E-state index contributed by atoms with van der Waals surface area (Å²) in [4.78, 5) is 4.17. The SMILES string of the molecule is Cc1ccc(CNc2nc3cc(C(F)(F)F)ccc3s2)o1. The number of anilines is 1. The molecule has 3 aromatic rings. The highest BCUT2D eigenvalue weighted by molar-refractivity contribution is 7.22. The van der Waals surface area contributed by atoms with E-state index in [0.29, 0.717) is 21.9 Å². The van der Waals surface area contributed by atoms with Crippen molar-refractivity contribution in [1.82, 2.24) is 4.98 Å². The maximum Gasteiger partial charge on any atom is 0.416 e. The monoisotopic (exact) mass is 312 g/mol. The van der Waals surface area contributed by atoms with Crippen LogP contribution >= 0.6 is 11.3 Å². The standard InChI is InChI=1S/C14H11F3N2OS/c1-8-2-4-10(20-8)7-18-13-19-11-6-9(14(15,16)17)3-5-12(11)21-13/h2-6H,7H2,1H3,(H,18,19). The maximum atomic E-state index is 12.6. The number of benzene rings is 1. The summed E-state index contributed by atoms with van der Waals surface area (Å²) in [5.74, 6) is 1.56. The third-order valence-corrected chi connectivity index (χ3v) is 3.92. The molecule has 2 aromatic heterocycles. The van der Waals surface area contributed by atoms with Crippen LogP contribution in [0.1, 0.15) is 17.1 Å². The molecule has 21 heavy (non-hydrogen) atoms. The fourth-order valence-corrected chi connectivity index (χ4v) is 2.76. The number of hydrogen-bond acceptors (Lipinski definition) is 4. The number of furan rings is 1. The molecule has 0 amide bonds. The molecule has 2 heterocycles. The Balaban J connectivity index is 1.80. The Morgan fingerprint density at radius 1 is 1.24 bits per heavy atom. The third kappa shape index (κ3) is 3.02. The molecule has 3 nitrogen and oxygen atoms in total. The fourth-order valence-electron chi connectivity index (χ4n) is 1.92. The summed E-state index contributed by atoms with van der Waals surface area (Å²) in [6.45, 7) is 2.29. The number of nitrogens with one attached hydrogen (secondary N) is 1. The number of halogens is 3. The van der Waals surface area contributed by atoms with Gasteiger partial charge in [-0.3, -0.25) is 0 Å². The minimum Gasteiger partial charge on any atom is -0.465 e. The number of aryl methyl sites for hydroxylation is 1. The molecular formula is C14H11F3N2OS. The van der Waals surface area contributed by atoms with Crippen LogP contribution in [0.25, 0.3) is 10.2 Å². The second kappa shape index (κ2) is 5.07. The van der Waals surface area contributed by atoms with Gasteiger partial charge in [0.2, 0.25) is 0 Å². The number of aromatic nitrogens is 1. The van der Waals surface area contributed by atoms with Gasteiger partial charge in [-0.25, -0.2) is 4.98 Å². The predicted octanol–water partition coefficient (Wildman–Crippen LogP) is 4.83. The van der Waals surface area contributed by atoms with E-state index < -0.39 is 11.7 Å². The van der Waals surface area contributed by atoms with Gasteiger partial charge in [-0.05, 0) is 37.3 Å². The lowest BCUT2D eigenvalue weighted by Gasteiger charge is -2.04. The van der Waals surface area contributed by atoms with Crippen molar-refractivity contribution in [2.75, 3.05) is 5.32 Å². The zero-order chi connectivity index (χ0) is 15.0. The summed E-state index contributed by atoms with van der Waals surface area (Å²) in [7, 11) is 0. The normalized spacial score (nSPS) is 12.0. The van der Waals surface area contributed by atoms with Crippen LogP contribution < -0.4 is 5.32 Å². The van der Waals surface area contributed by atoms with Crippen LogP contribution in [0.15, 0.2) is 34.7 Å². The molecule has 7 heteroatoms. The van der Waals surface area contributed by atoms with E-state index >= 15 is 0 Å². The zero-order valence-corrected chi connectivity index (χ0v) is 11.8. The summed E-state index contributed by atoms with van der Waals surface area (Å²) in [6, 6.07) is 7.27. The lowest BCUT2D eigenvalue weighted by Crippen LogP contribution is -2.04. The van der Waals surface area contributed by atoms with Crippen molar-refractivity contribution in [2.24, 2.45) is 0 Å². The van der Waals surface area contributed by atoms with E-state index in [1.54, 1.807) is 0 Å². The molecular weight excluding hydrogens is 301 g/mol. The van der Waals surface area contributed by atoms with Gasteiger partial charge < -0.3 is 9.73 Å². The van der Waals surface area contributed by atoms with Gasteiger partial charge >= 0.3 is 6.18 Å². The van der Waals surface area contributed by atoms with E-state index in [-0.39, 0.29) is 0 Å². The molecule has 110 valence electrons. The zero-order valence-electron chi connectivity index (χ0n) is 11.0. The summed E-state index contributed by atoms with van der Waals surface area (Å²) < 4.78 is 44.0. The van der Waals surface area contributed by atoms with Crippen molar-refractivity contribution in [3.05, 3.63) is 47.4 Å². The number of nitrogens with zero attached hydrogens (tertiary/aromatic N) is 1. The van der Waals surface area contributed by atoms with Crippen LogP contribution in [0.4, 0.5) is 18.3 Å². The van der Waals surface area contributed by atoms with E-state index in [9.17, 15) is 13.2 Å². The molecule has 1 N–H and O–H groups in total. The Morgan fingerprint density at radius 3 is 2.71 bits per heavy atom. The van der Waals surface area contributed by atoms with Gasteiger partial charge in [0.1, 0.15) is 11.5 Å². The van der Waals surface area contributed by atoms with Crippen molar-refractivity contribution >= 4 is 26.7 Å². The molecule has 0 atom stereocenters. The molecule has 0 bridgehead atoms. The molecule has 0 saturated heterocycles. The summed E-state index contributed by atoms with van der Waals surface area (Å²) >= 11 is 1.31. The summed E-state index contributed by atoms with van der Waals surface area (Å²) in [5.41, 5.74) is -0.346. The first-order valence-corrected chi connectivity index (χ1v) is 7.00. The number of fused-ring (bicyclic) bond motifs is 1. The van der Waals surface area contributed by atoms with Crippen molar-refractivity contribution in [3.8, 4) is 0 Å². The smallest absolute Gasteiger partial charge is 0.416 e. The third-order valence-electron chi connectivity index (χ3n) is 2.92. The van der Waals surface area contributed by atoms with Crippen LogP contribution in [0.3, 0.4) is 0 Å². The second-order valence-electron chi connectivity index (χ2n) is 4.57. The van der Waals surface area contributed by atoms with Crippen molar-refractivity contribution in [3.63, 3.8) is 0 Å². The Kier molecular flexibility index (Phi) is 3.36.